The summed E-state index contributed by atoms with van der Waals surface area (Å²) in [5, 5.41) is 13.5. The molecule has 0 aliphatic heterocycles. The summed E-state index contributed by atoms with van der Waals surface area (Å²) in [5.74, 6) is 1.58. The van der Waals surface area contributed by atoms with Crippen molar-refractivity contribution in [1.82, 2.24) is 10.2 Å². The number of aliphatic imine (C=N–C) groups is 1. The van der Waals surface area contributed by atoms with Gasteiger partial charge in [-0.3, -0.25) is 4.99 Å². The lowest BCUT2D eigenvalue weighted by molar-refractivity contribution is 0.190. The molecule has 0 radical (unpaired) electrons. The summed E-state index contributed by atoms with van der Waals surface area (Å²) in [4.78, 5) is 7.38. The number of guanidine groups is 1. The molecule has 0 aliphatic rings. The Labute approximate surface area is 157 Å². The minimum Gasteiger partial charge on any atom is -0.496 e. The summed E-state index contributed by atoms with van der Waals surface area (Å²) in [6.07, 6.45) is -0.661. The second kappa shape index (κ2) is 9.65. The molecule has 1 aromatic carbocycles. The molecule has 5 nitrogen and oxygen atoms in total. The summed E-state index contributed by atoms with van der Waals surface area (Å²) in [7, 11) is 3.63. The van der Waals surface area contributed by atoms with Crippen molar-refractivity contribution in [2.24, 2.45) is 4.99 Å². The van der Waals surface area contributed by atoms with Crippen LogP contribution < -0.4 is 10.1 Å². The number of thiophene rings is 1. The van der Waals surface area contributed by atoms with Crippen molar-refractivity contribution < 1.29 is 9.84 Å². The number of halogens is 1. The van der Waals surface area contributed by atoms with Gasteiger partial charge in [0.2, 0.25) is 0 Å². The zero-order chi connectivity index (χ0) is 18.2. The molecule has 7 heteroatoms. The first kappa shape index (κ1) is 19.6. The molecule has 1 heterocycles. The topological polar surface area (TPSA) is 57.1 Å². The maximum absolute atomic E-state index is 10.3. The average molecular weight is 382 g/mol. The van der Waals surface area contributed by atoms with Gasteiger partial charge in [0.25, 0.3) is 0 Å². The molecule has 25 heavy (non-hydrogen) atoms. The van der Waals surface area contributed by atoms with Crippen LogP contribution >= 0.6 is 22.9 Å². The van der Waals surface area contributed by atoms with Crippen molar-refractivity contribution in [3.8, 4) is 5.75 Å². The van der Waals surface area contributed by atoms with E-state index in [-0.39, 0.29) is 6.54 Å². The van der Waals surface area contributed by atoms with Crippen LogP contribution in [0.1, 0.15) is 23.5 Å². The molecule has 0 saturated carbocycles. The summed E-state index contributed by atoms with van der Waals surface area (Å²) in [6, 6.07) is 11.5. The van der Waals surface area contributed by atoms with E-state index >= 15 is 0 Å². The van der Waals surface area contributed by atoms with Gasteiger partial charge in [0.15, 0.2) is 5.96 Å². The third-order valence-electron chi connectivity index (χ3n) is 3.63. The molecule has 1 aromatic heterocycles. The lowest BCUT2D eigenvalue weighted by Crippen LogP contribution is -2.38. The van der Waals surface area contributed by atoms with E-state index in [0.29, 0.717) is 10.9 Å². The van der Waals surface area contributed by atoms with Gasteiger partial charge in [-0.15, -0.1) is 11.3 Å². The molecule has 0 saturated heterocycles. The highest BCUT2D eigenvalue weighted by molar-refractivity contribution is 7.16. The molecular formula is C18H24ClN3O2S. The first-order valence-electron chi connectivity index (χ1n) is 8.09. The van der Waals surface area contributed by atoms with Crippen LogP contribution in [0.2, 0.25) is 4.34 Å². The number of hydrogen-bond donors (Lipinski definition) is 2. The van der Waals surface area contributed by atoms with Gasteiger partial charge < -0.3 is 20.1 Å². The second-order valence-electron chi connectivity index (χ2n) is 5.52. The Morgan fingerprint density at radius 1 is 1.36 bits per heavy atom. The van der Waals surface area contributed by atoms with Crippen molar-refractivity contribution in [3.05, 3.63) is 51.2 Å². The Morgan fingerprint density at radius 2 is 2.12 bits per heavy atom. The van der Waals surface area contributed by atoms with Crippen molar-refractivity contribution in [1.29, 1.82) is 0 Å². The number of methoxy groups -OCH3 is 1. The number of rotatable bonds is 7. The van der Waals surface area contributed by atoms with Crippen molar-refractivity contribution in [2.45, 2.75) is 19.6 Å². The number of hydrogen-bond acceptors (Lipinski definition) is 4. The van der Waals surface area contributed by atoms with Gasteiger partial charge in [0, 0.05) is 30.6 Å². The number of nitrogens with one attached hydrogen (secondary N) is 1. The normalized spacial score (nSPS) is 12.8. The van der Waals surface area contributed by atoms with E-state index in [1.807, 2.05) is 49.2 Å². The third-order valence-corrected chi connectivity index (χ3v) is 4.97. The Bertz CT molecular complexity index is 705. The van der Waals surface area contributed by atoms with Crippen LogP contribution in [0.4, 0.5) is 0 Å². The molecule has 0 spiro atoms. The van der Waals surface area contributed by atoms with E-state index < -0.39 is 6.10 Å². The van der Waals surface area contributed by atoms with Crippen molar-refractivity contribution >= 4 is 28.9 Å². The van der Waals surface area contributed by atoms with Crippen molar-refractivity contribution in [2.75, 3.05) is 27.2 Å². The molecule has 2 aromatic rings. The third kappa shape index (κ3) is 5.63. The summed E-state index contributed by atoms with van der Waals surface area (Å²) < 4.78 is 6.07. The van der Waals surface area contributed by atoms with Crippen LogP contribution in [0.3, 0.4) is 0 Å². The highest BCUT2D eigenvalue weighted by atomic mass is 35.5. The van der Waals surface area contributed by atoms with Gasteiger partial charge in [-0.05, 0) is 25.1 Å². The van der Waals surface area contributed by atoms with Gasteiger partial charge in [-0.25, -0.2) is 0 Å². The van der Waals surface area contributed by atoms with Gasteiger partial charge in [0.05, 0.1) is 18.0 Å². The van der Waals surface area contributed by atoms with Crippen LogP contribution in [0.5, 0.6) is 5.75 Å². The first-order valence-corrected chi connectivity index (χ1v) is 9.29. The number of ether oxygens (including phenoxy) is 1. The zero-order valence-electron chi connectivity index (χ0n) is 14.7. The van der Waals surface area contributed by atoms with Crippen LogP contribution in [0.25, 0.3) is 0 Å². The van der Waals surface area contributed by atoms with Gasteiger partial charge in [-0.1, -0.05) is 29.8 Å². The lowest BCUT2D eigenvalue weighted by Gasteiger charge is -2.23. The van der Waals surface area contributed by atoms with Gasteiger partial charge in [0.1, 0.15) is 11.9 Å². The van der Waals surface area contributed by atoms with E-state index in [2.05, 4.69) is 10.3 Å². The highest BCUT2D eigenvalue weighted by Gasteiger charge is 2.13. The summed E-state index contributed by atoms with van der Waals surface area (Å²) in [5.41, 5.74) is 1.07. The monoisotopic (exact) mass is 381 g/mol. The number of aliphatic hydroxyl groups is 1. The van der Waals surface area contributed by atoms with E-state index in [4.69, 9.17) is 16.3 Å². The van der Waals surface area contributed by atoms with Gasteiger partial charge >= 0.3 is 0 Å². The molecule has 136 valence electrons. The van der Waals surface area contributed by atoms with Crippen LogP contribution in [0, 0.1) is 0 Å². The molecule has 1 unspecified atom stereocenters. The molecule has 2 rings (SSSR count). The van der Waals surface area contributed by atoms with Crippen molar-refractivity contribution in [3.63, 3.8) is 0 Å². The lowest BCUT2D eigenvalue weighted by atomic mass is 10.2. The minimum absolute atomic E-state index is 0.273. The molecule has 0 fully saturated rings. The Kier molecular flexibility index (Phi) is 7.55. The number of aliphatic hydroxyl groups excluding tert-OH is 1. The fourth-order valence-corrected chi connectivity index (χ4v) is 3.44. The first-order chi connectivity index (χ1) is 12.0. The molecular weight excluding hydrogens is 358 g/mol. The predicted octanol–water partition coefficient (Wildman–Crippen LogP) is 3.54. The molecule has 2 N–H and O–H groups in total. The number of benzene rings is 1. The quantitative estimate of drug-likeness (QED) is 0.569. The van der Waals surface area contributed by atoms with Crippen LogP contribution in [-0.2, 0) is 6.54 Å². The minimum atomic E-state index is -0.661. The second-order valence-corrected chi connectivity index (χ2v) is 7.27. The van der Waals surface area contributed by atoms with E-state index in [1.165, 1.54) is 11.3 Å². The Hall–Kier alpha value is -1.76. The van der Waals surface area contributed by atoms with E-state index in [0.717, 1.165) is 28.7 Å². The fourth-order valence-electron chi connectivity index (χ4n) is 2.40. The standard InChI is InChI=1S/C18H24ClN3O2S/c1-4-20-18(21-11-14(23)16-9-10-17(19)25-16)22(2)12-13-7-5-6-8-15(13)24-3/h5-10,14,23H,4,11-12H2,1-3H3,(H,20,21). The summed E-state index contributed by atoms with van der Waals surface area (Å²) in [6.45, 7) is 3.68. The average Bonchev–Trinajstić information content (AvgIpc) is 3.05. The SMILES string of the molecule is CCNC(=NCC(O)c1ccc(Cl)s1)N(C)Cc1ccccc1OC. The number of para-hydroxylation sites is 1. The van der Waals surface area contributed by atoms with E-state index in [9.17, 15) is 5.11 Å². The highest BCUT2D eigenvalue weighted by Crippen LogP contribution is 2.27. The molecule has 0 bridgehead atoms. The zero-order valence-corrected chi connectivity index (χ0v) is 16.3. The number of nitrogens with zero attached hydrogens (tertiary/aromatic N) is 2. The summed E-state index contributed by atoms with van der Waals surface area (Å²) >= 11 is 7.30. The molecule has 0 aliphatic carbocycles. The van der Waals surface area contributed by atoms with Gasteiger partial charge in [-0.2, -0.15) is 0 Å². The predicted molar refractivity (Wildman–Crippen MR) is 105 cm³/mol. The van der Waals surface area contributed by atoms with E-state index in [1.54, 1.807) is 13.2 Å². The maximum atomic E-state index is 10.3. The molecule has 1 atom stereocenters. The Balaban J connectivity index is 2.07. The smallest absolute Gasteiger partial charge is 0.194 e. The van der Waals surface area contributed by atoms with Crippen LogP contribution in [0.15, 0.2) is 41.4 Å². The largest absolute Gasteiger partial charge is 0.496 e. The molecule has 0 amide bonds. The van der Waals surface area contributed by atoms with Crippen LogP contribution in [-0.4, -0.2) is 43.2 Å². The Morgan fingerprint density at radius 3 is 2.76 bits per heavy atom. The fraction of sp³-hybridized carbons (Fsp3) is 0.389. The maximum Gasteiger partial charge on any atom is 0.194 e.